The summed E-state index contributed by atoms with van der Waals surface area (Å²) in [4.78, 5) is 13.1. The Morgan fingerprint density at radius 2 is 2.06 bits per heavy atom. The van der Waals surface area contributed by atoms with Crippen molar-refractivity contribution >= 4 is 17.6 Å². The van der Waals surface area contributed by atoms with Crippen LogP contribution < -0.4 is 0 Å². The van der Waals surface area contributed by atoms with Crippen molar-refractivity contribution < 1.29 is 9.90 Å². The first-order chi connectivity index (χ1) is 8.49. The monoisotopic (exact) mass is 269 g/mol. The maximum Gasteiger partial charge on any atom is 0.320 e. The van der Waals surface area contributed by atoms with E-state index < -0.39 is 12.0 Å². The zero-order valence-electron chi connectivity index (χ0n) is 11.1. The van der Waals surface area contributed by atoms with Gasteiger partial charge in [-0.25, -0.2) is 0 Å². The number of hydrogen-bond donors (Lipinski definition) is 1. The molecule has 0 fully saturated rings. The number of nitrogens with zero attached hydrogens (tertiary/aromatic N) is 1. The van der Waals surface area contributed by atoms with Crippen molar-refractivity contribution in [2.45, 2.75) is 38.8 Å². The van der Waals surface area contributed by atoms with Gasteiger partial charge < -0.3 is 5.11 Å². The quantitative estimate of drug-likeness (QED) is 0.858. The normalized spacial score (nSPS) is 14.5. The van der Waals surface area contributed by atoms with Crippen LogP contribution in [0.25, 0.3) is 0 Å². The van der Waals surface area contributed by atoms with Gasteiger partial charge in [0.2, 0.25) is 0 Å². The molecule has 1 rings (SSSR count). The second kappa shape index (κ2) is 6.76. The highest BCUT2D eigenvalue weighted by Gasteiger charge is 2.26. The standard InChI is InChI=1S/C14H20ClNO2/c1-4-7-13(14(17)18)16(3)10(2)11-8-5-6-9-12(11)15/h5-6,8-10,13H,4,7H2,1-3H3,(H,17,18). The number of aliphatic carboxylic acids is 1. The molecule has 0 aliphatic rings. The van der Waals surface area contributed by atoms with Gasteiger partial charge in [0.15, 0.2) is 0 Å². The molecule has 100 valence electrons. The smallest absolute Gasteiger partial charge is 0.320 e. The molecule has 3 nitrogen and oxygen atoms in total. The van der Waals surface area contributed by atoms with Gasteiger partial charge in [-0.1, -0.05) is 43.1 Å². The van der Waals surface area contributed by atoms with Crippen molar-refractivity contribution in [2.75, 3.05) is 7.05 Å². The number of benzene rings is 1. The molecule has 0 bridgehead atoms. The Morgan fingerprint density at radius 1 is 1.44 bits per heavy atom. The van der Waals surface area contributed by atoms with E-state index in [0.29, 0.717) is 11.4 Å². The maximum atomic E-state index is 11.3. The first-order valence-corrected chi connectivity index (χ1v) is 6.56. The van der Waals surface area contributed by atoms with E-state index in [-0.39, 0.29) is 6.04 Å². The fraction of sp³-hybridized carbons (Fsp3) is 0.500. The van der Waals surface area contributed by atoms with E-state index >= 15 is 0 Å². The SMILES string of the molecule is CCCC(C(=O)O)N(C)C(C)c1ccccc1Cl. The second-order valence-electron chi connectivity index (χ2n) is 4.51. The van der Waals surface area contributed by atoms with E-state index in [0.717, 1.165) is 12.0 Å². The lowest BCUT2D eigenvalue weighted by atomic mass is 10.0. The van der Waals surface area contributed by atoms with Crippen LogP contribution in [-0.4, -0.2) is 29.1 Å². The van der Waals surface area contributed by atoms with E-state index in [4.69, 9.17) is 11.6 Å². The summed E-state index contributed by atoms with van der Waals surface area (Å²) in [5, 5.41) is 9.94. The molecule has 1 N–H and O–H groups in total. The Hall–Kier alpha value is -1.06. The number of hydrogen-bond acceptors (Lipinski definition) is 2. The summed E-state index contributed by atoms with van der Waals surface area (Å²) in [6.45, 7) is 3.97. The highest BCUT2D eigenvalue weighted by molar-refractivity contribution is 6.31. The first-order valence-electron chi connectivity index (χ1n) is 6.18. The van der Waals surface area contributed by atoms with Crippen molar-refractivity contribution in [1.82, 2.24) is 4.90 Å². The molecule has 4 heteroatoms. The van der Waals surface area contributed by atoms with Gasteiger partial charge in [0.25, 0.3) is 0 Å². The van der Waals surface area contributed by atoms with E-state index in [1.807, 2.05) is 50.1 Å². The minimum atomic E-state index is -0.779. The lowest BCUT2D eigenvalue weighted by Gasteiger charge is -2.31. The molecule has 18 heavy (non-hydrogen) atoms. The number of carbonyl (C=O) groups is 1. The predicted molar refractivity (Wildman–Crippen MR) is 74.0 cm³/mol. The summed E-state index contributed by atoms with van der Waals surface area (Å²) in [5.74, 6) is -0.779. The third-order valence-electron chi connectivity index (χ3n) is 3.31. The first kappa shape index (κ1) is 15.0. The predicted octanol–water partition coefficient (Wildman–Crippen LogP) is 3.59. The molecule has 1 aromatic carbocycles. The molecule has 2 unspecified atom stereocenters. The van der Waals surface area contributed by atoms with Crippen molar-refractivity contribution in [3.05, 3.63) is 34.9 Å². The summed E-state index contributed by atoms with van der Waals surface area (Å²) < 4.78 is 0. The molecule has 0 saturated heterocycles. The Bertz CT molecular complexity index is 409. The lowest BCUT2D eigenvalue weighted by molar-refractivity contribution is -0.143. The van der Waals surface area contributed by atoms with Crippen LogP contribution in [0.4, 0.5) is 0 Å². The molecule has 0 radical (unpaired) electrons. The zero-order valence-corrected chi connectivity index (χ0v) is 11.8. The van der Waals surface area contributed by atoms with Gasteiger partial charge in [-0.15, -0.1) is 0 Å². The Morgan fingerprint density at radius 3 is 2.56 bits per heavy atom. The highest BCUT2D eigenvalue weighted by atomic mass is 35.5. The molecule has 0 heterocycles. The second-order valence-corrected chi connectivity index (χ2v) is 4.91. The van der Waals surface area contributed by atoms with Gasteiger partial charge in [-0.05, 0) is 32.0 Å². The van der Waals surface area contributed by atoms with Crippen molar-refractivity contribution in [3.63, 3.8) is 0 Å². The molecule has 0 saturated carbocycles. The fourth-order valence-corrected chi connectivity index (χ4v) is 2.37. The van der Waals surface area contributed by atoms with Crippen molar-refractivity contribution in [3.8, 4) is 0 Å². The molecular formula is C14H20ClNO2. The number of carboxylic acid groups (broad SMARTS) is 1. The molecular weight excluding hydrogens is 250 g/mol. The topological polar surface area (TPSA) is 40.5 Å². The lowest BCUT2D eigenvalue weighted by Crippen LogP contribution is -2.40. The summed E-state index contributed by atoms with van der Waals surface area (Å²) in [6, 6.07) is 7.07. The van der Waals surface area contributed by atoms with Gasteiger partial charge in [-0.2, -0.15) is 0 Å². The summed E-state index contributed by atoms with van der Waals surface area (Å²) in [7, 11) is 1.84. The molecule has 0 aliphatic carbocycles. The van der Waals surface area contributed by atoms with Gasteiger partial charge in [0.1, 0.15) is 6.04 Å². The molecule has 0 spiro atoms. The fourth-order valence-electron chi connectivity index (χ4n) is 2.08. The average molecular weight is 270 g/mol. The molecule has 0 aromatic heterocycles. The minimum absolute atomic E-state index is 0.0219. The molecule has 2 atom stereocenters. The number of halogens is 1. The van der Waals surface area contributed by atoms with Crippen LogP contribution in [0.3, 0.4) is 0 Å². The van der Waals surface area contributed by atoms with Crippen LogP contribution in [0.2, 0.25) is 5.02 Å². The summed E-state index contributed by atoms with van der Waals surface area (Å²) in [6.07, 6.45) is 1.48. The largest absolute Gasteiger partial charge is 0.480 e. The van der Waals surface area contributed by atoms with Crippen LogP contribution in [0.1, 0.15) is 38.3 Å². The highest BCUT2D eigenvalue weighted by Crippen LogP contribution is 2.28. The summed E-state index contributed by atoms with van der Waals surface area (Å²) >= 11 is 6.15. The van der Waals surface area contributed by atoms with Gasteiger partial charge in [-0.3, -0.25) is 9.69 Å². The van der Waals surface area contributed by atoms with Gasteiger partial charge in [0.05, 0.1) is 0 Å². The van der Waals surface area contributed by atoms with Crippen molar-refractivity contribution in [2.24, 2.45) is 0 Å². The van der Waals surface area contributed by atoms with Crippen LogP contribution in [0.5, 0.6) is 0 Å². The number of rotatable bonds is 6. The average Bonchev–Trinajstić information content (AvgIpc) is 2.34. The molecule has 0 aliphatic heterocycles. The van der Waals surface area contributed by atoms with E-state index in [2.05, 4.69) is 0 Å². The van der Waals surface area contributed by atoms with Crippen LogP contribution in [0, 0.1) is 0 Å². The van der Waals surface area contributed by atoms with Crippen LogP contribution in [0.15, 0.2) is 24.3 Å². The third kappa shape index (κ3) is 3.47. The van der Waals surface area contributed by atoms with Gasteiger partial charge >= 0.3 is 5.97 Å². The van der Waals surface area contributed by atoms with E-state index in [9.17, 15) is 9.90 Å². The minimum Gasteiger partial charge on any atom is -0.480 e. The van der Waals surface area contributed by atoms with E-state index in [1.54, 1.807) is 0 Å². The van der Waals surface area contributed by atoms with Crippen molar-refractivity contribution in [1.29, 1.82) is 0 Å². The Labute approximate surface area is 113 Å². The third-order valence-corrected chi connectivity index (χ3v) is 3.65. The van der Waals surface area contributed by atoms with Crippen LogP contribution in [-0.2, 0) is 4.79 Å². The number of carboxylic acids is 1. The maximum absolute atomic E-state index is 11.3. The van der Waals surface area contributed by atoms with Crippen LogP contribution >= 0.6 is 11.6 Å². The van der Waals surface area contributed by atoms with Gasteiger partial charge in [0, 0.05) is 11.1 Å². The zero-order chi connectivity index (χ0) is 13.7. The Kier molecular flexibility index (Phi) is 5.63. The molecule has 0 amide bonds. The number of likely N-dealkylation sites (N-methyl/N-ethyl adjacent to an activating group) is 1. The Balaban J connectivity index is 2.91. The molecule has 1 aromatic rings. The summed E-state index contributed by atoms with van der Waals surface area (Å²) in [5.41, 5.74) is 0.962. The van der Waals surface area contributed by atoms with E-state index in [1.165, 1.54) is 0 Å².